The lowest BCUT2D eigenvalue weighted by atomic mass is 9.90. The van der Waals surface area contributed by atoms with Crippen LogP contribution >= 0.6 is 22.6 Å². The van der Waals surface area contributed by atoms with E-state index in [0.29, 0.717) is 3.92 Å². The number of benzene rings is 1. The number of piperidine rings is 1. The Labute approximate surface area is 106 Å². The van der Waals surface area contributed by atoms with E-state index < -0.39 is 0 Å². The van der Waals surface area contributed by atoms with E-state index in [1.807, 2.05) is 0 Å². The third-order valence-corrected chi connectivity index (χ3v) is 5.03. The molecular weight excluding hydrogens is 297 g/mol. The van der Waals surface area contributed by atoms with Gasteiger partial charge in [-0.05, 0) is 44.5 Å². The lowest BCUT2D eigenvalue weighted by Crippen LogP contribution is -2.31. The maximum Gasteiger partial charge on any atom is 0.0388 e. The van der Waals surface area contributed by atoms with Crippen molar-refractivity contribution in [1.29, 1.82) is 0 Å². The van der Waals surface area contributed by atoms with E-state index in [1.54, 1.807) is 0 Å². The fourth-order valence-corrected chi connectivity index (χ4v) is 3.36. The molecule has 1 atom stereocenters. The number of alkyl halides is 1. The lowest BCUT2D eigenvalue weighted by molar-refractivity contribution is 0.220. The van der Waals surface area contributed by atoms with Crippen molar-refractivity contribution in [2.24, 2.45) is 5.92 Å². The molecule has 0 aromatic heterocycles. The third-order valence-electron chi connectivity index (χ3n) is 3.30. The highest BCUT2D eigenvalue weighted by molar-refractivity contribution is 14.1. The molecule has 2 heteroatoms. The third kappa shape index (κ3) is 2.94. The molecule has 0 bridgehead atoms. The summed E-state index contributed by atoms with van der Waals surface area (Å²) in [4.78, 5) is 2.44. The fraction of sp³-hybridized carbons (Fsp3) is 0.538. The van der Waals surface area contributed by atoms with Gasteiger partial charge in [0, 0.05) is 3.92 Å². The van der Waals surface area contributed by atoms with Crippen molar-refractivity contribution in [3.8, 4) is 0 Å². The zero-order chi connectivity index (χ0) is 10.7. The summed E-state index contributed by atoms with van der Waals surface area (Å²) in [5.74, 6) is 0.865. The highest BCUT2D eigenvalue weighted by atomic mass is 127. The van der Waals surface area contributed by atoms with Crippen molar-refractivity contribution in [2.75, 3.05) is 20.1 Å². The van der Waals surface area contributed by atoms with Crippen molar-refractivity contribution in [1.82, 2.24) is 4.90 Å². The standard InChI is InChI=1S/C13H18IN/c1-15-9-7-12(8-10-15)13(14)11-5-3-2-4-6-11/h2-6,12-13H,7-10H2,1H3. The van der Waals surface area contributed by atoms with Crippen LogP contribution in [0.1, 0.15) is 22.3 Å². The molecule has 1 heterocycles. The molecule has 1 unspecified atom stereocenters. The normalized spacial score (nSPS) is 21.5. The van der Waals surface area contributed by atoms with E-state index in [1.165, 1.54) is 31.5 Å². The minimum Gasteiger partial charge on any atom is -0.306 e. The summed E-state index contributed by atoms with van der Waals surface area (Å²) in [6, 6.07) is 10.9. The van der Waals surface area contributed by atoms with E-state index in [2.05, 4.69) is 64.9 Å². The van der Waals surface area contributed by atoms with Crippen LogP contribution in [0.2, 0.25) is 0 Å². The van der Waals surface area contributed by atoms with Gasteiger partial charge in [0.1, 0.15) is 0 Å². The van der Waals surface area contributed by atoms with Crippen molar-refractivity contribution >= 4 is 22.6 Å². The molecule has 0 N–H and O–H groups in total. The van der Waals surface area contributed by atoms with Gasteiger partial charge in [0.05, 0.1) is 0 Å². The van der Waals surface area contributed by atoms with Crippen molar-refractivity contribution in [2.45, 2.75) is 16.8 Å². The van der Waals surface area contributed by atoms with E-state index in [-0.39, 0.29) is 0 Å². The molecule has 0 spiro atoms. The number of halogens is 1. The Morgan fingerprint density at radius 3 is 2.40 bits per heavy atom. The molecular formula is C13H18IN. The second-order valence-electron chi connectivity index (χ2n) is 4.45. The summed E-state index contributed by atoms with van der Waals surface area (Å²) >= 11 is 2.62. The van der Waals surface area contributed by atoms with Crippen LogP contribution in [0.15, 0.2) is 30.3 Å². The van der Waals surface area contributed by atoms with Gasteiger partial charge in [-0.15, -0.1) is 0 Å². The average molecular weight is 315 g/mol. The zero-order valence-corrected chi connectivity index (χ0v) is 11.4. The number of nitrogens with zero attached hydrogens (tertiary/aromatic N) is 1. The second-order valence-corrected chi connectivity index (χ2v) is 5.80. The number of rotatable bonds is 2. The van der Waals surface area contributed by atoms with Gasteiger partial charge in [0.25, 0.3) is 0 Å². The Kier molecular flexibility index (Phi) is 4.03. The van der Waals surface area contributed by atoms with E-state index in [4.69, 9.17) is 0 Å². The van der Waals surface area contributed by atoms with Gasteiger partial charge in [0.2, 0.25) is 0 Å². The molecule has 1 saturated heterocycles. The average Bonchev–Trinajstić information content (AvgIpc) is 2.30. The molecule has 1 aromatic rings. The van der Waals surface area contributed by atoms with Gasteiger partial charge < -0.3 is 4.90 Å². The Balaban J connectivity index is 1.99. The summed E-state index contributed by atoms with van der Waals surface area (Å²) in [5.41, 5.74) is 1.49. The highest BCUT2D eigenvalue weighted by Gasteiger charge is 2.24. The summed E-state index contributed by atoms with van der Waals surface area (Å²) in [5, 5.41) is 0. The van der Waals surface area contributed by atoms with Crippen LogP contribution in [0.5, 0.6) is 0 Å². The Bertz CT molecular complexity index is 291. The lowest BCUT2D eigenvalue weighted by Gasteiger charge is -2.32. The van der Waals surface area contributed by atoms with Gasteiger partial charge in [-0.3, -0.25) is 0 Å². The maximum atomic E-state index is 2.62. The highest BCUT2D eigenvalue weighted by Crippen LogP contribution is 2.37. The minimum atomic E-state index is 0.692. The molecule has 82 valence electrons. The predicted molar refractivity (Wildman–Crippen MR) is 73.4 cm³/mol. The van der Waals surface area contributed by atoms with Gasteiger partial charge in [0.15, 0.2) is 0 Å². The molecule has 0 saturated carbocycles. The molecule has 1 aliphatic rings. The molecule has 1 aromatic carbocycles. The first-order valence-corrected chi connectivity index (χ1v) is 6.89. The van der Waals surface area contributed by atoms with Crippen LogP contribution < -0.4 is 0 Å². The molecule has 1 aliphatic heterocycles. The fourth-order valence-electron chi connectivity index (χ4n) is 2.23. The van der Waals surface area contributed by atoms with Gasteiger partial charge in [-0.2, -0.15) is 0 Å². The minimum absolute atomic E-state index is 0.692. The first kappa shape index (κ1) is 11.4. The smallest absolute Gasteiger partial charge is 0.0388 e. The first-order chi connectivity index (χ1) is 7.27. The molecule has 15 heavy (non-hydrogen) atoms. The molecule has 0 amide bonds. The molecule has 1 fully saturated rings. The predicted octanol–water partition coefficient (Wildman–Crippen LogP) is 3.50. The van der Waals surface area contributed by atoms with Crippen molar-refractivity contribution in [3.05, 3.63) is 35.9 Å². The van der Waals surface area contributed by atoms with Crippen molar-refractivity contribution < 1.29 is 0 Å². The first-order valence-electron chi connectivity index (χ1n) is 5.65. The summed E-state index contributed by atoms with van der Waals surface area (Å²) in [6.45, 7) is 2.52. The van der Waals surface area contributed by atoms with Crippen LogP contribution in [-0.4, -0.2) is 25.0 Å². The summed E-state index contributed by atoms with van der Waals surface area (Å²) < 4.78 is 0.692. The maximum absolute atomic E-state index is 2.62. The van der Waals surface area contributed by atoms with E-state index in [0.717, 1.165) is 5.92 Å². The van der Waals surface area contributed by atoms with Gasteiger partial charge in [-0.1, -0.05) is 52.9 Å². The largest absolute Gasteiger partial charge is 0.306 e. The summed E-state index contributed by atoms with van der Waals surface area (Å²) in [6.07, 6.45) is 2.69. The van der Waals surface area contributed by atoms with Crippen LogP contribution in [0.3, 0.4) is 0 Å². The number of hydrogen-bond donors (Lipinski definition) is 0. The number of hydrogen-bond acceptors (Lipinski definition) is 1. The quantitative estimate of drug-likeness (QED) is 0.596. The molecule has 1 nitrogen and oxygen atoms in total. The summed E-state index contributed by atoms with van der Waals surface area (Å²) in [7, 11) is 2.22. The molecule has 0 aliphatic carbocycles. The van der Waals surface area contributed by atoms with Crippen LogP contribution in [-0.2, 0) is 0 Å². The van der Waals surface area contributed by atoms with Gasteiger partial charge >= 0.3 is 0 Å². The van der Waals surface area contributed by atoms with E-state index >= 15 is 0 Å². The van der Waals surface area contributed by atoms with E-state index in [9.17, 15) is 0 Å². The van der Waals surface area contributed by atoms with Crippen molar-refractivity contribution in [3.63, 3.8) is 0 Å². The van der Waals surface area contributed by atoms with Crippen LogP contribution in [0, 0.1) is 5.92 Å². The number of likely N-dealkylation sites (tertiary alicyclic amines) is 1. The Hall–Kier alpha value is -0.0900. The second kappa shape index (κ2) is 5.30. The molecule has 0 radical (unpaired) electrons. The zero-order valence-electron chi connectivity index (χ0n) is 9.20. The topological polar surface area (TPSA) is 3.24 Å². The van der Waals surface area contributed by atoms with Crippen LogP contribution in [0.25, 0.3) is 0 Å². The van der Waals surface area contributed by atoms with Crippen LogP contribution in [0.4, 0.5) is 0 Å². The molecule has 2 rings (SSSR count). The Morgan fingerprint density at radius 1 is 1.20 bits per heavy atom. The monoisotopic (exact) mass is 315 g/mol. The van der Waals surface area contributed by atoms with Gasteiger partial charge in [-0.25, -0.2) is 0 Å². The Morgan fingerprint density at radius 2 is 1.80 bits per heavy atom. The SMILES string of the molecule is CN1CCC(C(I)c2ccccc2)CC1.